The van der Waals surface area contributed by atoms with E-state index in [0.29, 0.717) is 12.1 Å². The Morgan fingerprint density at radius 2 is 2.04 bits per heavy atom. The average molecular weight is 314 g/mol. The van der Waals surface area contributed by atoms with Gasteiger partial charge in [-0.2, -0.15) is 0 Å². The van der Waals surface area contributed by atoms with E-state index in [0.717, 1.165) is 50.5 Å². The highest BCUT2D eigenvalue weighted by atomic mass is 16.3. The molecule has 0 bridgehead atoms. The lowest BCUT2D eigenvalue weighted by atomic mass is 10.1. The van der Waals surface area contributed by atoms with Crippen LogP contribution in [0.4, 0.5) is 0 Å². The van der Waals surface area contributed by atoms with Gasteiger partial charge in [0.25, 0.3) is 0 Å². The number of hydrogen-bond acceptors (Lipinski definition) is 4. The third-order valence-electron chi connectivity index (χ3n) is 5.47. The molecule has 2 aromatic rings. The van der Waals surface area contributed by atoms with E-state index in [1.165, 1.54) is 5.52 Å². The number of imidazole rings is 1. The summed E-state index contributed by atoms with van der Waals surface area (Å²) in [7, 11) is 0. The van der Waals surface area contributed by atoms with Crippen LogP contribution < -0.4 is 0 Å². The summed E-state index contributed by atoms with van der Waals surface area (Å²) in [6.45, 7) is 9.25. The molecule has 0 radical (unpaired) electrons. The van der Waals surface area contributed by atoms with Gasteiger partial charge >= 0.3 is 0 Å². The molecule has 1 aromatic heterocycles. The van der Waals surface area contributed by atoms with Crippen molar-refractivity contribution in [1.29, 1.82) is 0 Å². The molecule has 2 aliphatic rings. The molecule has 5 heteroatoms. The summed E-state index contributed by atoms with van der Waals surface area (Å²) in [5.41, 5.74) is 2.32. The zero-order chi connectivity index (χ0) is 16.0. The van der Waals surface area contributed by atoms with Crippen LogP contribution in [0.3, 0.4) is 0 Å². The zero-order valence-electron chi connectivity index (χ0n) is 14.0. The minimum atomic E-state index is -0.146. The summed E-state index contributed by atoms with van der Waals surface area (Å²) in [6, 6.07) is 9.40. The first kappa shape index (κ1) is 15.1. The van der Waals surface area contributed by atoms with E-state index in [-0.39, 0.29) is 6.10 Å². The van der Waals surface area contributed by atoms with Gasteiger partial charge in [-0.1, -0.05) is 12.1 Å². The van der Waals surface area contributed by atoms with E-state index in [2.05, 4.69) is 52.5 Å². The maximum absolute atomic E-state index is 9.92. The molecule has 0 amide bonds. The quantitative estimate of drug-likeness (QED) is 0.936. The molecular weight excluding hydrogens is 288 g/mol. The highest BCUT2D eigenvalue weighted by molar-refractivity contribution is 5.75. The lowest BCUT2D eigenvalue weighted by Gasteiger charge is -2.41. The van der Waals surface area contributed by atoms with E-state index in [4.69, 9.17) is 4.98 Å². The molecule has 1 aromatic carbocycles. The van der Waals surface area contributed by atoms with E-state index in [1.54, 1.807) is 0 Å². The third kappa shape index (κ3) is 2.67. The largest absolute Gasteiger partial charge is 0.392 e. The number of para-hydroxylation sites is 2. The van der Waals surface area contributed by atoms with Crippen LogP contribution in [0.1, 0.15) is 26.1 Å². The smallest absolute Gasteiger partial charge is 0.124 e. The number of aliphatic hydroxyl groups excluding tert-OH is 1. The molecule has 0 saturated carbocycles. The molecule has 2 aliphatic heterocycles. The van der Waals surface area contributed by atoms with Crippen molar-refractivity contribution in [3.8, 4) is 0 Å². The van der Waals surface area contributed by atoms with E-state index >= 15 is 0 Å². The summed E-state index contributed by atoms with van der Waals surface area (Å²) < 4.78 is 2.33. The third-order valence-corrected chi connectivity index (χ3v) is 5.47. The Bertz CT molecular complexity index is 697. The number of aromatic nitrogens is 2. The Labute approximate surface area is 137 Å². The van der Waals surface area contributed by atoms with Gasteiger partial charge in [0, 0.05) is 38.3 Å². The first-order chi connectivity index (χ1) is 11.2. The van der Waals surface area contributed by atoms with Gasteiger partial charge in [0.05, 0.1) is 23.7 Å². The van der Waals surface area contributed by atoms with Gasteiger partial charge in [-0.15, -0.1) is 0 Å². The summed E-state index contributed by atoms with van der Waals surface area (Å²) in [4.78, 5) is 9.86. The van der Waals surface area contributed by atoms with Crippen LogP contribution in [0, 0.1) is 0 Å². The van der Waals surface area contributed by atoms with Gasteiger partial charge < -0.3 is 9.67 Å². The molecule has 3 atom stereocenters. The minimum Gasteiger partial charge on any atom is -0.392 e. The van der Waals surface area contributed by atoms with Gasteiger partial charge in [0.1, 0.15) is 5.82 Å². The zero-order valence-corrected chi connectivity index (χ0v) is 14.0. The van der Waals surface area contributed by atoms with Gasteiger partial charge in [-0.25, -0.2) is 4.98 Å². The molecule has 0 unspecified atom stereocenters. The van der Waals surface area contributed by atoms with Crippen molar-refractivity contribution in [1.82, 2.24) is 19.4 Å². The van der Waals surface area contributed by atoms with Crippen molar-refractivity contribution < 1.29 is 5.11 Å². The van der Waals surface area contributed by atoms with E-state index < -0.39 is 0 Å². The van der Waals surface area contributed by atoms with Crippen LogP contribution in [-0.2, 0) is 13.1 Å². The second kappa shape index (κ2) is 5.89. The van der Waals surface area contributed by atoms with Crippen molar-refractivity contribution in [2.75, 3.05) is 19.6 Å². The summed E-state index contributed by atoms with van der Waals surface area (Å²) in [5, 5.41) is 9.92. The molecule has 23 heavy (non-hydrogen) atoms. The molecule has 2 fully saturated rings. The van der Waals surface area contributed by atoms with Gasteiger partial charge in [-0.3, -0.25) is 9.80 Å². The number of aliphatic hydroxyl groups is 1. The standard InChI is InChI=1S/C18H26N4O/c1-3-22-17-7-5-4-6-16(17)19-18(22)12-20-10-14-8-15(23)11-21(14)9-13(20)2/h4-7,13-15,23H,3,8-12H2,1-2H3/t13-,14-,15-/m1/s1. The fourth-order valence-corrected chi connectivity index (χ4v) is 4.28. The summed E-state index contributed by atoms with van der Waals surface area (Å²) in [5.74, 6) is 1.16. The van der Waals surface area contributed by atoms with Crippen LogP contribution in [0.2, 0.25) is 0 Å². The Morgan fingerprint density at radius 3 is 2.87 bits per heavy atom. The normalized spacial score (nSPS) is 29.3. The monoisotopic (exact) mass is 314 g/mol. The minimum absolute atomic E-state index is 0.146. The molecule has 0 spiro atoms. The molecule has 3 heterocycles. The van der Waals surface area contributed by atoms with Gasteiger partial charge in [-0.05, 0) is 32.4 Å². The average Bonchev–Trinajstić information content (AvgIpc) is 3.06. The predicted octanol–water partition coefficient (Wildman–Crippen LogP) is 1.70. The molecule has 5 nitrogen and oxygen atoms in total. The van der Waals surface area contributed by atoms with E-state index in [1.807, 2.05) is 0 Å². The maximum atomic E-state index is 9.92. The number of hydrogen-bond donors (Lipinski definition) is 1. The SMILES string of the molecule is CCn1c(CN2C[C@H]3C[C@@H](O)CN3C[C@H]2C)nc2ccccc21. The molecule has 2 saturated heterocycles. The van der Waals surface area contributed by atoms with Crippen LogP contribution in [0.15, 0.2) is 24.3 Å². The summed E-state index contributed by atoms with van der Waals surface area (Å²) >= 11 is 0. The topological polar surface area (TPSA) is 44.5 Å². The number of benzene rings is 1. The fraction of sp³-hybridized carbons (Fsp3) is 0.611. The number of piperazine rings is 1. The number of rotatable bonds is 3. The van der Waals surface area contributed by atoms with Crippen LogP contribution in [0.25, 0.3) is 11.0 Å². The second-order valence-electron chi connectivity index (χ2n) is 7.04. The molecule has 4 rings (SSSR count). The van der Waals surface area contributed by atoms with E-state index in [9.17, 15) is 5.11 Å². The van der Waals surface area contributed by atoms with Crippen molar-refractivity contribution in [2.45, 2.75) is 51.5 Å². The van der Waals surface area contributed by atoms with Gasteiger partial charge in [0.2, 0.25) is 0 Å². The maximum Gasteiger partial charge on any atom is 0.124 e. The number of nitrogens with zero attached hydrogens (tertiary/aromatic N) is 4. The Hall–Kier alpha value is -1.43. The first-order valence-corrected chi connectivity index (χ1v) is 8.76. The highest BCUT2D eigenvalue weighted by Crippen LogP contribution is 2.26. The fourth-order valence-electron chi connectivity index (χ4n) is 4.28. The Balaban J connectivity index is 1.58. The van der Waals surface area contributed by atoms with Crippen molar-refractivity contribution in [3.63, 3.8) is 0 Å². The highest BCUT2D eigenvalue weighted by Gasteiger charge is 2.38. The Kier molecular flexibility index (Phi) is 3.87. The van der Waals surface area contributed by atoms with Crippen molar-refractivity contribution in [3.05, 3.63) is 30.1 Å². The summed E-state index contributed by atoms with van der Waals surface area (Å²) in [6.07, 6.45) is 0.764. The van der Waals surface area contributed by atoms with Crippen LogP contribution >= 0.6 is 0 Å². The van der Waals surface area contributed by atoms with Crippen molar-refractivity contribution >= 4 is 11.0 Å². The molecule has 1 N–H and O–H groups in total. The van der Waals surface area contributed by atoms with Crippen LogP contribution in [-0.4, -0.2) is 62.3 Å². The number of aryl methyl sites for hydroxylation is 1. The molecule has 124 valence electrons. The van der Waals surface area contributed by atoms with Crippen molar-refractivity contribution in [2.24, 2.45) is 0 Å². The van der Waals surface area contributed by atoms with Gasteiger partial charge in [0.15, 0.2) is 0 Å². The molecular formula is C18H26N4O. The molecule has 0 aliphatic carbocycles. The lowest BCUT2D eigenvalue weighted by Crippen LogP contribution is -2.54. The number of fused-ring (bicyclic) bond motifs is 2. The predicted molar refractivity (Wildman–Crippen MR) is 91.3 cm³/mol. The second-order valence-corrected chi connectivity index (χ2v) is 7.04. The first-order valence-electron chi connectivity index (χ1n) is 8.76. The lowest BCUT2D eigenvalue weighted by molar-refractivity contribution is 0.0505. The van der Waals surface area contributed by atoms with Crippen LogP contribution in [0.5, 0.6) is 0 Å². The Morgan fingerprint density at radius 1 is 1.22 bits per heavy atom.